The lowest BCUT2D eigenvalue weighted by Crippen LogP contribution is -2.29. The second kappa shape index (κ2) is 10.1. The van der Waals surface area contributed by atoms with Crippen molar-refractivity contribution in [2.24, 2.45) is 5.10 Å². The lowest BCUT2D eigenvalue weighted by atomic mass is 10.1. The van der Waals surface area contributed by atoms with E-state index < -0.39 is 15.9 Å². The molecular formula is C26H22ClN3O3S. The smallest absolute Gasteiger partial charge is 0.267 e. The molecule has 172 valence electrons. The topological polar surface area (TPSA) is 78.8 Å². The van der Waals surface area contributed by atoms with Crippen molar-refractivity contribution >= 4 is 50.2 Å². The number of rotatable bonds is 7. The number of halogens is 1. The Bertz CT molecular complexity index is 1450. The summed E-state index contributed by atoms with van der Waals surface area (Å²) in [5.74, 6) is -0.397. The largest absolute Gasteiger partial charge is 0.271 e. The van der Waals surface area contributed by atoms with Crippen LogP contribution in [0.15, 0.2) is 96.1 Å². The molecule has 0 fully saturated rings. The van der Waals surface area contributed by atoms with E-state index in [1.54, 1.807) is 54.7 Å². The van der Waals surface area contributed by atoms with Gasteiger partial charge in [0.1, 0.15) is 0 Å². The Hall–Kier alpha value is -3.68. The highest BCUT2D eigenvalue weighted by Gasteiger charge is 2.18. The highest BCUT2D eigenvalue weighted by atomic mass is 35.5. The van der Waals surface area contributed by atoms with Crippen molar-refractivity contribution in [2.45, 2.75) is 6.54 Å². The normalized spacial score (nSPS) is 11.6. The summed E-state index contributed by atoms with van der Waals surface area (Å²) in [6.07, 6.45) is 2.75. The van der Waals surface area contributed by atoms with Crippen molar-refractivity contribution in [3.8, 4) is 0 Å². The molecule has 8 heteroatoms. The van der Waals surface area contributed by atoms with Gasteiger partial charge in [0.15, 0.2) is 0 Å². The third-order valence-electron chi connectivity index (χ3n) is 5.25. The number of anilines is 1. The molecule has 0 aliphatic carbocycles. The first-order valence-corrected chi connectivity index (χ1v) is 12.7. The minimum absolute atomic E-state index is 0.150. The zero-order valence-corrected chi connectivity index (χ0v) is 19.9. The Morgan fingerprint density at radius 3 is 2.32 bits per heavy atom. The average molecular weight is 492 g/mol. The Morgan fingerprint density at radius 2 is 1.62 bits per heavy atom. The number of carbonyl (C=O) groups is 1. The molecule has 0 aliphatic rings. The second-order valence-electron chi connectivity index (χ2n) is 7.71. The zero-order valence-electron chi connectivity index (χ0n) is 18.4. The minimum Gasteiger partial charge on any atom is -0.267 e. The van der Waals surface area contributed by atoms with E-state index in [-0.39, 0.29) is 6.54 Å². The van der Waals surface area contributed by atoms with Gasteiger partial charge in [-0.2, -0.15) is 5.10 Å². The summed E-state index contributed by atoms with van der Waals surface area (Å²) in [5.41, 5.74) is 5.01. The van der Waals surface area contributed by atoms with Crippen molar-refractivity contribution < 1.29 is 13.2 Å². The van der Waals surface area contributed by atoms with Crippen LogP contribution in [-0.4, -0.2) is 26.8 Å². The molecule has 0 heterocycles. The predicted octanol–water partition coefficient (Wildman–Crippen LogP) is 5.22. The molecule has 0 spiro atoms. The third-order valence-corrected chi connectivity index (χ3v) is 6.64. The van der Waals surface area contributed by atoms with Gasteiger partial charge in [0, 0.05) is 16.1 Å². The number of fused-ring (bicyclic) bond motifs is 1. The summed E-state index contributed by atoms with van der Waals surface area (Å²) >= 11 is 5.92. The fraction of sp³-hybridized carbons (Fsp3) is 0.0769. The molecule has 0 bridgehead atoms. The zero-order chi connectivity index (χ0) is 24.1. The third kappa shape index (κ3) is 5.62. The van der Waals surface area contributed by atoms with Crippen LogP contribution in [0.1, 0.15) is 21.5 Å². The van der Waals surface area contributed by atoms with Crippen LogP contribution in [0.25, 0.3) is 10.8 Å². The summed E-state index contributed by atoms with van der Waals surface area (Å²) in [5, 5.41) is 6.78. The number of nitrogens with zero attached hydrogens (tertiary/aromatic N) is 2. The van der Waals surface area contributed by atoms with Crippen LogP contribution in [0, 0.1) is 0 Å². The fourth-order valence-corrected chi connectivity index (χ4v) is 4.54. The molecule has 0 unspecified atom stereocenters. The van der Waals surface area contributed by atoms with Crippen molar-refractivity contribution in [1.82, 2.24) is 5.43 Å². The van der Waals surface area contributed by atoms with E-state index in [9.17, 15) is 13.2 Å². The summed E-state index contributed by atoms with van der Waals surface area (Å²) in [6.45, 7) is 0.150. The molecule has 0 aromatic heterocycles. The van der Waals surface area contributed by atoms with Gasteiger partial charge in [-0.3, -0.25) is 9.10 Å². The Balaban J connectivity index is 1.47. The van der Waals surface area contributed by atoms with E-state index in [1.807, 2.05) is 42.5 Å². The molecule has 4 aromatic rings. The maximum absolute atomic E-state index is 12.5. The summed E-state index contributed by atoms with van der Waals surface area (Å²) < 4.78 is 26.1. The number of benzene rings is 4. The highest BCUT2D eigenvalue weighted by molar-refractivity contribution is 7.92. The molecule has 0 saturated heterocycles. The molecule has 4 rings (SSSR count). The van der Waals surface area contributed by atoms with Crippen molar-refractivity contribution in [3.63, 3.8) is 0 Å². The first-order chi connectivity index (χ1) is 16.3. The molecule has 0 radical (unpaired) electrons. The number of amides is 1. The Morgan fingerprint density at radius 1 is 0.941 bits per heavy atom. The molecule has 1 amide bonds. The SMILES string of the molecule is CS(=O)(=O)N(Cc1ccc(Cl)cc1)c1ccc(C(=O)N/N=C/c2cccc3ccccc23)cc1. The van der Waals surface area contributed by atoms with E-state index in [1.165, 1.54) is 4.31 Å². The molecule has 6 nitrogen and oxygen atoms in total. The Kier molecular flexibility index (Phi) is 6.95. The number of hydrogen-bond acceptors (Lipinski definition) is 4. The number of sulfonamides is 1. The van der Waals surface area contributed by atoms with E-state index in [4.69, 9.17) is 11.6 Å². The van der Waals surface area contributed by atoms with Gasteiger partial charge in [-0.1, -0.05) is 66.2 Å². The molecule has 1 N–H and O–H groups in total. The van der Waals surface area contributed by atoms with Crippen LogP contribution >= 0.6 is 11.6 Å². The maximum Gasteiger partial charge on any atom is 0.271 e. The molecular weight excluding hydrogens is 470 g/mol. The van der Waals surface area contributed by atoms with Gasteiger partial charge in [-0.15, -0.1) is 0 Å². The molecule has 34 heavy (non-hydrogen) atoms. The lowest BCUT2D eigenvalue weighted by Gasteiger charge is -2.22. The van der Waals surface area contributed by atoms with E-state index in [2.05, 4.69) is 10.5 Å². The van der Waals surface area contributed by atoms with Crippen LogP contribution in [0.3, 0.4) is 0 Å². The molecule has 0 aliphatic heterocycles. The summed E-state index contributed by atoms with van der Waals surface area (Å²) in [6, 6.07) is 27.1. The summed E-state index contributed by atoms with van der Waals surface area (Å²) in [7, 11) is -3.55. The van der Waals surface area contributed by atoms with Crippen LogP contribution in [0.2, 0.25) is 5.02 Å². The number of hydrazone groups is 1. The maximum atomic E-state index is 12.5. The minimum atomic E-state index is -3.55. The number of nitrogens with one attached hydrogen (secondary N) is 1. The van der Waals surface area contributed by atoms with Gasteiger partial charge >= 0.3 is 0 Å². The van der Waals surface area contributed by atoms with Crippen LogP contribution in [-0.2, 0) is 16.6 Å². The molecule has 0 saturated carbocycles. The first kappa shape index (κ1) is 23.5. The van der Waals surface area contributed by atoms with Gasteiger partial charge in [-0.05, 0) is 52.7 Å². The standard InChI is InChI=1S/C26H22ClN3O3S/c1-34(32,33)30(18-19-9-13-23(27)14-10-19)24-15-11-21(12-16-24)26(31)29-28-17-22-7-4-6-20-5-2-3-8-25(20)22/h2-17H,18H2,1H3,(H,29,31)/b28-17+. The fourth-order valence-electron chi connectivity index (χ4n) is 3.52. The van der Waals surface area contributed by atoms with Gasteiger partial charge in [0.25, 0.3) is 5.91 Å². The van der Waals surface area contributed by atoms with Crippen molar-refractivity contribution in [1.29, 1.82) is 0 Å². The quantitative estimate of drug-likeness (QED) is 0.284. The van der Waals surface area contributed by atoms with Gasteiger partial charge in [-0.25, -0.2) is 13.8 Å². The van der Waals surface area contributed by atoms with Crippen molar-refractivity contribution in [2.75, 3.05) is 10.6 Å². The van der Waals surface area contributed by atoms with Crippen LogP contribution in [0.4, 0.5) is 5.69 Å². The summed E-state index contributed by atoms with van der Waals surface area (Å²) in [4.78, 5) is 12.5. The van der Waals surface area contributed by atoms with Crippen LogP contribution < -0.4 is 9.73 Å². The molecule has 4 aromatic carbocycles. The van der Waals surface area contributed by atoms with E-state index in [0.29, 0.717) is 16.3 Å². The molecule has 0 atom stereocenters. The second-order valence-corrected chi connectivity index (χ2v) is 10.1. The van der Waals surface area contributed by atoms with Crippen molar-refractivity contribution in [3.05, 3.63) is 113 Å². The van der Waals surface area contributed by atoms with Gasteiger partial charge in [0.05, 0.1) is 24.7 Å². The first-order valence-electron chi connectivity index (χ1n) is 10.4. The van der Waals surface area contributed by atoms with Gasteiger partial charge < -0.3 is 0 Å². The predicted molar refractivity (Wildman–Crippen MR) is 138 cm³/mol. The number of carbonyl (C=O) groups excluding carboxylic acids is 1. The monoisotopic (exact) mass is 491 g/mol. The average Bonchev–Trinajstić information content (AvgIpc) is 2.83. The van der Waals surface area contributed by atoms with Crippen LogP contribution in [0.5, 0.6) is 0 Å². The van der Waals surface area contributed by atoms with Gasteiger partial charge in [0.2, 0.25) is 10.0 Å². The van der Waals surface area contributed by atoms with E-state index in [0.717, 1.165) is 28.2 Å². The van der Waals surface area contributed by atoms with E-state index >= 15 is 0 Å². The Labute approximate surface area is 203 Å². The highest BCUT2D eigenvalue weighted by Crippen LogP contribution is 2.22. The number of hydrogen-bond donors (Lipinski definition) is 1. The lowest BCUT2D eigenvalue weighted by molar-refractivity contribution is 0.0955.